The van der Waals surface area contributed by atoms with E-state index in [4.69, 9.17) is 5.73 Å². The summed E-state index contributed by atoms with van der Waals surface area (Å²) < 4.78 is 0. The number of hydrogen-bond donors (Lipinski definition) is 2. The van der Waals surface area contributed by atoms with Crippen molar-refractivity contribution in [2.75, 3.05) is 13.1 Å². The molecule has 6 heteroatoms. The van der Waals surface area contributed by atoms with Crippen LogP contribution in [0.25, 0.3) is 0 Å². The molecule has 0 radical (unpaired) electrons. The van der Waals surface area contributed by atoms with E-state index < -0.39 is 0 Å². The van der Waals surface area contributed by atoms with E-state index in [1.54, 1.807) is 0 Å². The predicted molar refractivity (Wildman–Crippen MR) is 117 cm³/mol. The number of nitrogens with zero attached hydrogens (tertiary/aromatic N) is 1. The normalized spacial score (nSPS) is 31.5. The summed E-state index contributed by atoms with van der Waals surface area (Å²) in [6, 6.07) is 9.70. The zero-order valence-electron chi connectivity index (χ0n) is 17.1. The number of nitrogens with one attached hydrogen (secondary N) is 1. The molecule has 3 fully saturated rings. The first-order valence-corrected chi connectivity index (χ1v) is 11.0. The SMILES string of the molecule is Cl.NC1C2CCCC1CC(C(=O)N1CCCCC1CNC(=O)c1ccccc1)C2. The molecule has 29 heavy (non-hydrogen) atoms. The van der Waals surface area contributed by atoms with Gasteiger partial charge in [0.2, 0.25) is 5.91 Å². The molecule has 160 valence electrons. The Balaban J connectivity index is 0.00000240. The highest BCUT2D eigenvalue weighted by Crippen LogP contribution is 2.42. The third-order valence-corrected chi connectivity index (χ3v) is 7.21. The van der Waals surface area contributed by atoms with Crippen LogP contribution in [0.2, 0.25) is 0 Å². The van der Waals surface area contributed by atoms with Crippen molar-refractivity contribution in [3.05, 3.63) is 35.9 Å². The van der Waals surface area contributed by atoms with Gasteiger partial charge in [0.15, 0.2) is 0 Å². The summed E-state index contributed by atoms with van der Waals surface area (Å²) in [5.74, 6) is 1.41. The third-order valence-electron chi connectivity index (χ3n) is 7.21. The quantitative estimate of drug-likeness (QED) is 0.785. The topological polar surface area (TPSA) is 75.4 Å². The number of carbonyl (C=O) groups is 2. The fourth-order valence-electron chi connectivity index (χ4n) is 5.63. The molecule has 3 unspecified atom stereocenters. The maximum Gasteiger partial charge on any atom is 0.251 e. The Kier molecular flexibility index (Phi) is 7.58. The van der Waals surface area contributed by atoms with Crippen molar-refractivity contribution in [2.45, 2.75) is 63.5 Å². The smallest absolute Gasteiger partial charge is 0.251 e. The zero-order valence-corrected chi connectivity index (χ0v) is 17.9. The molecule has 0 aromatic heterocycles. The van der Waals surface area contributed by atoms with Gasteiger partial charge in [0.05, 0.1) is 0 Å². The van der Waals surface area contributed by atoms with Crippen LogP contribution in [0.5, 0.6) is 0 Å². The summed E-state index contributed by atoms with van der Waals surface area (Å²) >= 11 is 0. The average molecular weight is 420 g/mol. The van der Waals surface area contributed by atoms with E-state index in [9.17, 15) is 9.59 Å². The van der Waals surface area contributed by atoms with E-state index in [1.165, 1.54) is 19.3 Å². The van der Waals surface area contributed by atoms with Crippen molar-refractivity contribution in [3.8, 4) is 0 Å². The lowest BCUT2D eigenvalue weighted by Gasteiger charge is -2.46. The standard InChI is InChI=1S/C23H33N3O2.ClH/c24-21-17-9-6-10-18(21)14-19(13-17)23(28)26-12-5-4-11-20(26)15-25-22(27)16-7-2-1-3-8-16;/h1-3,7-8,17-21H,4-6,9-15,24H2,(H,25,27);1H. The van der Waals surface area contributed by atoms with Gasteiger partial charge in [-0.15, -0.1) is 12.4 Å². The molecule has 2 amide bonds. The van der Waals surface area contributed by atoms with Crippen molar-refractivity contribution >= 4 is 24.2 Å². The largest absolute Gasteiger partial charge is 0.350 e. The van der Waals surface area contributed by atoms with Gasteiger partial charge < -0.3 is 16.0 Å². The van der Waals surface area contributed by atoms with Gasteiger partial charge in [-0.2, -0.15) is 0 Å². The number of amides is 2. The maximum atomic E-state index is 13.4. The molecule has 1 saturated heterocycles. The highest BCUT2D eigenvalue weighted by Gasteiger charge is 2.42. The fraction of sp³-hybridized carbons (Fsp3) is 0.652. The van der Waals surface area contributed by atoms with Crippen molar-refractivity contribution < 1.29 is 9.59 Å². The van der Waals surface area contributed by atoms with Crippen LogP contribution in [0.3, 0.4) is 0 Å². The monoisotopic (exact) mass is 419 g/mol. The number of likely N-dealkylation sites (tertiary alicyclic amines) is 1. The molecule has 3 aliphatic rings. The van der Waals surface area contributed by atoms with E-state index in [0.717, 1.165) is 38.6 Å². The molecule has 2 saturated carbocycles. The first-order valence-electron chi connectivity index (χ1n) is 11.0. The number of rotatable bonds is 4. The van der Waals surface area contributed by atoms with Gasteiger partial charge in [-0.05, 0) is 68.9 Å². The molecule has 1 aliphatic heterocycles. The fourth-order valence-corrected chi connectivity index (χ4v) is 5.63. The summed E-state index contributed by atoms with van der Waals surface area (Å²) in [5.41, 5.74) is 7.09. The van der Waals surface area contributed by atoms with Crippen LogP contribution in [0.1, 0.15) is 61.7 Å². The molecule has 1 heterocycles. The van der Waals surface area contributed by atoms with Gasteiger partial charge in [0, 0.05) is 36.7 Å². The lowest BCUT2D eigenvalue weighted by Crippen LogP contribution is -2.54. The van der Waals surface area contributed by atoms with Crippen molar-refractivity contribution in [1.82, 2.24) is 10.2 Å². The molecular weight excluding hydrogens is 386 g/mol. The van der Waals surface area contributed by atoms with E-state index >= 15 is 0 Å². The number of benzene rings is 1. The summed E-state index contributed by atoms with van der Waals surface area (Å²) in [7, 11) is 0. The Hall–Kier alpha value is -1.59. The van der Waals surface area contributed by atoms with Crippen molar-refractivity contribution in [1.29, 1.82) is 0 Å². The van der Waals surface area contributed by atoms with Crippen LogP contribution in [0.4, 0.5) is 0 Å². The Bertz CT molecular complexity index is 685. The van der Waals surface area contributed by atoms with E-state index in [0.29, 0.717) is 35.9 Å². The minimum absolute atomic E-state index is 0. The summed E-state index contributed by atoms with van der Waals surface area (Å²) in [6.45, 7) is 1.36. The lowest BCUT2D eigenvalue weighted by molar-refractivity contribution is -0.142. The first-order chi connectivity index (χ1) is 13.6. The minimum atomic E-state index is -0.0586. The lowest BCUT2D eigenvalue weighted by atomic mass is 9.64. The Morgan fingerprint density at radius 2 is 1.69 bits per heavy atom. The molecule has 2 bridgehead atoms. The van der Waals surface area contributed by atoms with E-state index in [2.05, 4.69) is 10.2 Å². The molecule has 5 nitrogen and oxygen atoms in total. The Morgan fingerprint density at radius 3 is 2.38 bits per heavy atom. The molecule has 4 rings (SSSR count). The molecule has 3 N–H and O–H groups in total. The van der Waals surface area contributed by atoms with Gasteiger partial charge in [-0.3, -0.25) is 9.59 Å². The molecule has 1 aromatic rings. The summed E-state index contributed by atoms with van der Waals surface area (Å²) in [6.07, 6.45) is 8.69. The molecule has 3 atom stereocenters. The van der Waals surface area contributed by atoms with Crippen LogP contribution < -0.4 is 11.1 Å². The highest BCUT2D eigenvalue weighted by molar-refractivity contribution is 5.94. The van der Waals surface area contributed by atoms with Gasteiger partial charge in [0.25, 0.3) is 5.91 Å². The Morgan fingerprint density at radius 1 is 1.00 bits per heavy atom. The van der Waals surface area contributed by atoms with Crippen molar-refractivity contribution in [2.24, 2.45) is 23.5 Å². The second-order valence-corrected chi connectivity index (χ2v) is 8.95. The van der Waals surface area contributed by atoms with E-state index in [-0.39, 0.29) is 30.3 Å². The summed E-state index contributed by atoms with van der Waals surface area (Å²) in [5, 5.41) is 3.05. The molecule has 2 aliphatic carbocycles. The van der Waals surface area contributed by atoms with Gasteiger partial charge in [-0.25, -0.2) is 0 Å². The second-order valence-electron chi connectivity index (χ2n) is 8.95. The minimum Gasteiger partial charge on any atom is -0.350 e. The Labute approximate surface area is 180 Å². The van der Waals surface area contributed by atoms with E-state index in [1.807, 2.05) is 30.3 Å². The number of nitrogens with two attached hydrogens (primary N) is 1. The van der Waals surface area contributed by atoms with Gasteiger partial charge in [0.1, 0.15) is 0 Å². The second kappa shape index (κ2) is 9.94. The summed E-state index contributed by atoms with van der Waals surface area (Å²) in [4.78, 5) is 27.9. The van der Waals surface area contributed by atoms with Gasteiger partial charge >= 0.3 is 0 Å². The molecule has 1 aromatic carbocycles. The number of halogens is 1. The number of hydrogen-bond acceptors (Lipinski definition) is 3. The first kappa shape index (κ1) is 22.1. The van der Waals surface area contributed by atoms with Crippen LogP contribution in [-0.2, 0) is 4.79 Å². The predicted octanol–water partition coefficient (Wildman–Crippen LogP) is 3.37. The molecular formula is C23H34ClN3O2. The van der Waals surface area contributed by atoms with Crippen LogP contribution >= 0.6 is 12.4 Å². The van der Waals surface area contributed by atoms with Crippen LogP contribution in [-0.4, -0.2) is 41.9 Å². The maximum absolute atomic E-state index is 13.4. The number of carbonyl (C=O) groups excluding carboxylic acids is 2. The average Bonchev–Trinajstić information content (AvgIpc) is 2.72. The van der Waals surface area contributed by atoms with Gasteiger partial charge in [-0.1, -0.05) is 24.6 Å². The zero-order chi connectivity index (χ0) is 19.5. The molecule has 0 spiro atoms. The van der Waals surface area contributed by atoms with Crippen LogP contribution in [0.15, 0.2) is 30.3 Å². The number of piperidine rings is 1. The third kappa shape index (κ3) is 4.95. The van der Waals surface area contributed by atoms with Crippen molar-refractivity contribution in [3.63, 3.8) is 0 Å². The van der Waals surface area contributed by atoms with Crippen LogP contribution in [0, 0.1) is 17.8 Å². The highest BCUT2D eigenvalue weighted by atomic mass is 35.5. The number of fused-ring (bicyclic) bond motifs is 2.